The van der Waals surface area contributed by atoms with Crippen molar-refractivity contribution < 1.29 is 44.2 Å². The van der Waals surface area contributed by atoms with Gasteiger partial charge in [0.05, 0.1) is 5.69 Å². The molecule has 0 aliphatic carbocycles. The van der Waals surface area contributed by atoms with Crippen molar-refractivity contribution in [2.24, 2.45) is 0 Å². The van der Waals surface area contributed by atoms with Crippen LogP contribution >= 0.6 is 23.1 Å². The molecule has 4 rings (SSSR count). The highest BCUT2D eigenvalue weighted by Crippen LogP contribution is 2.46. The molecule has 2 heterocycles. The third kappa shape index (κ3) is 7.25. The van der Waals surface area contributed by atoms with Crippen LogP contribution in [0.2, 0.25) is 0 Å². The van der Waals surface area contributed by atoms with Gasteiger partial charge in [0.15, 0.2) is 0 Å². The molecular weight excluding hydrogens is 572 g/mol. The molecule has 212 valence electrons. The second kappa shape index (κ2) is 12.6. The molecule has 6 N–H and O–H groups in total. The van der Waals surface area contributed by atoms with Gasteiger partial charge in [0.25, 0.3) is 5.01 Å². The van der Waals surface area contributed by atoms with Crippen LogP contribution < -0.4 is 20.1 Å². The van der Waals surface area contributed by atoms with Gasteiger partial charge >= 0.3 is 23.9 Å². The van der Waals surface area contributed by atoms with Gasteiger partial charge in [0, 0.05) is 27.9 Å². The fourth-order valence-electron chi connectivity index (χ4n) is 4.04. The lowest BCUT2D eigenvalue weighted by Crippen LogP contribution is -2.39. The van der Waals surface area contributed by atoms with Crippen molar-refractivity contribution in [2.75, 3.05) is 35.2 Å². The van der Waals surface area contributed by atoms with Crippen LogP contribution in [0.1, 0.15) is 11.9 Å². The summed E-state index contributed by atoms with van der Waals surface area (Å²) in [6, 6.07) is 10.4. The number of rotatable bonds is 12. The Morgan fingerprint density at radius 1 is 0.927 bits per heavy atom. The average molecular weight is 598 g/mol. The van der Waals surface area contributed by atoms with E-state index >= 15 is 0 Å². The summed E-state index contributed by atoms with van der Waals surface area (Å²) < 4.78 is 2.46. The van der Waals surface area contributed by atoms with Gasteiger partial charge in [-0.15, -0.1) is 0 Å². The minimum atomic E-state index is -1.05. The standard InChI is InChI=1S/C27H24N4O8S2/c1-15(27-31(14-26(38)39)19-10-17(29-12-24(34)35)6-8-21(19)41-27)3-2-4-22-30(13-25(36)37)18-9-16(28-11-23(32)33)5-7-20(18)40-22/h2-3,5-10,28-29H,11-14H2,1H3,(H3-,32,33,34,35,36,37,38,39)/p+1. The molecule has 41 heavy (non-hydrogen) atoms. The smallest absolute Gasteiger partial charge is 0.370 e. The topological polar surface area (TPSA) is 180 Å². The number of aliphatic carboxylic acids is 4. The first-order chi connectivity index (χ1) is 19.5. The van der Waals surface area contributed by atoms with Gasteiger partial charge in [-0.1, -0.05) is 28.8 Å². The normalized spacial score (nSPS) is 12.6. The van der Waals surface area contributed by atoms with Gasteiger partial charge in [-0.2, -0.15) is 4.57 Å². The summed E-state index contributed by atoms with van der Waals surface area (Å²) in [5, 5.41) is 43.7. The number of carboxylic acid groups (broad SMARTS) is 4. The largest absolute Gasteiger partial charge is 0.480 e. The Bertz CT molecular complexity index is 1660. The van der Waals surface area contributed by atoms with Gasteiger partial charge in [0.1, 0.15) is 29.4 Å². The zero-order chi connectivity index (χ0) is 29.7. The lowest BCUT2D eigenvalue weighted by molar-refractivity contribution is -0.657. The number of carboxylic acids is 4. The second-order valence-corrected chi connectivity index (χ2v) is 10.9. The maximum Gasteiger partial charge on any atom is 0.370 e. The summed E-state index contributed by atoms with van der Waals surface area (Å²) in [5.41, 5.74) is 6.20. The predicted octanol–water partition coefficient (Wildman–Crippen LogP) is 3.36. The number of fused-ring (bicyclic) bond motifs is 2. The Balaban J connectivity index is 1.67. The van der Waals surface area contributed by atoms with Crippen molar-refractivity contribution in [3.63, 3.8) is 0 Å². The molecule has 0 saturated heterocycles. The number of nitrogens with one attached hydrogen (secondary N) is 2. The Labute approximate surface area is 241 Å². The third-order valence-electron chi connectivity index (χ3n) is 5.75. The number of aromatic nitrogens is 1. The number of nitrogens with zero attached hydrogens (tertiary/aromatic N) is 2. The maximum absolute atomic E-state index is 11.7. The van der Waals surface area contributed by atoms with E-state index in [1.165, 1.54) is 23.1 Å². The molecule has 12 nitrogen and oxygen atoms in total. The van der Waals surface area contributed by atoms with Crippen LogP contribution in [0.3, 0.4) is 0 Å². The van der Waals surface area contributed by atoms with E-state index in [0.29, 0.717) is 32.6 Å². The van der Waals surface area contributed by atoms with Crippen molar-refractivity contribution >= 4 is 79.8 Å². The first-order valence-corrected chi connectivity index (χ1v) is 13.7. The fraction of sp³-hybridized carbons (Fsp3) is 0.185. The number of thiazole rings is 1. The van der Waals surface area contributed by atoms with E-state index < -0.39 is 23.9 Å². The number of hydrogen-bond donors (Lipinski definition) is 6. The van der Waals surface area contributed by atoms with Crippen LogP contribution in [0, 0.1) is 0 Å². The van der Waals surface area contributed by atoms with Crippen molar-refractivity contribution in [3.05, 3.63) is 64.3 Å². The summed E-state index contributed by atoms with van der Waals surface area (Å²) in [5.74, 6) is -4.13. The Kier molecular flexibility index (Phi) is 8.97. The number of carbonyl (C=O) groups is 4. The van der Waals surface area contributed by atoms with Crippen molar-refractivity contribution in [1.82, 2.24) is 0 Å². The van der Waals surface area contributed by atoms with Crippen LogP contribution in [-0.4, -0.2) is 63.9 Å². The molecule has 0 unspecified atom stereocenters. The molecular formula is C27H25N4O8S2+. The minimum absolute atomic E-state index is 0.277. The van der Waals surface area contributed by atoms with Crippen LogP contribution in [-0.2, 0) is 25.7 Å². The van der Waals surface area contributed by atoms with Gasteiger partial charge in [0.2, 0.25) is 12.1 Å². The lowest BCUT2D eigenvalue weighted by Gasteiger charge is -2.17. The van der Waals surface area contributed by atoms with Crippen LogP contribution in [0.25, 0.3) is 15.8 Å². The van der Waals surface area contributed by atoms with E-state index in [4.69, 9.17) is 10.2 Å². The maximum atomic E-state index is 11.7. The highest BCUT2D eigenvalue weighted by Gasteiger charge is 2.28. The Morgan fingerprint density at radius 3 is 2.22 bits per heavy atom. The number of thioether (sulfide) groups is 1. The van der Waals surface area contributed by atoms with Crippen molar-refractivity contribution in [1.29, 1.82) is 0 Å². The zero-order valence-corrected chi connectivity index (χ0v) is 23.2. The van der Waals surface area contributed by atoms with E-state index in [-0.39, 0.29) is 26.2 Å². The van der Waals surface area contributed by atoms with E-state index in [1.807, 2.05) is 6.92 Å². The van der Waals surface area contributed by atoms with Gasteiger partial charge < -0.3 is 36.0 Å². The number of benzene rings is 2. The summed E-state index contributed by atoms with van der Waals surface area (Å²) in [4.78, 5) is 47.4. The summed E-state index contributed by atoms with van der Waals surface area (Å²) in [6.07, 6.45) is 3.39. The summed E-state index contributed by atoms with van der Waals surface area (Å²) in [6.45, 7) is 0.636. The third-order valence-corrected chi connectivity index (χ3v) is 8.15. The molecule has 1 aliphatic heterocycles. The molecule has 0 radical (unpaired) electrons. The summed E-state index contributed by atoms with van der Waals surface area (Å²) in [7, 11) is 0. The number of allylic oxidation sites excluding steroid dienone is 3. The zero-order valence-electron chi connectivity index (χ0n) is 21.6. The summed E-state index contributed by atoms with van der Waals surface area (Å²) >= 11 is 2.71. The molecule has 0 spiro atoms. The molecule has 0 atom stereocenters. The average Bonchev–Trinajstić information content (AvgIpc) is 3.43. The van der Waals surface area contributed by atoms with Gasteiger partial charge in [-0.05, 0) is 49.4 Å². The molecule has 3 aromatic rings. The van der Waals surface area contributed by atoms with E-state index in [2.05, 4.69) is 16.4 Å². The quantitative estimate of drug-likeness (QED) is 0.102. The second-order valence-electron chi connectivity index (χ2n) is 8.79. The lowest BCUT2D eigenvalue weighted by atomic mass is 10.2. The number of anilines is 3. The fourth-order valence-corrected chi connectivity index (χ4v) is 6.17. The monoisotopic (exact) mass is 597 g/mol. The van der Waals surface area contributed by atoms with Crippen LogP contribution in [0.15, 0.2) is 64.2 Å². The van der Waals surface area contributed by atoms with Crippen molar-refractivity contribution in [2.45, 2.75) is 18.4 Å². The van der Waals surface area contributed by atoms with E-state index in [1.54, 1.807) is 58.0 Å². The molecule has 2 aromatic carbocycles. The van der Waals surface area contributed by atoms with Gasteiger partial charge in [-0.25, -0.2) is 4.79 Å². The molecule has 0 bridgehead atoms. The van der Waals surface area contributed by atoms with Crippen molar-refractivity contribution in [3.8, 4) is 0 Å². The molecule has 0 amide bonds. The molecule has 14 heteroatoms. The SMILES string of the molecule is CC(=CC=C=C1Sc2ccc(NCC(=O)O)cc2N1CC(=O)O)c1sc2ccc(NCC(=O)O)cc2[n+]1CC(=O)O. The number of hydrogen-bond acceptors (Lipinski definition) is 9. The van der Waals surface area contributed by atoms with Gasteiger partial charge in [-0.3, -0.25) is 14.4 Å². The van der Waals surface area contributed by atoms with Crippen LogP contribution in [0.4, 0.5) is 17.1 Å². The first kappa shape index (κ1) is 29.2. The van der Waals surface area contributed by atoms with E-state index in [0.717, 1.165) is 15.2 Å². The molecule has 0 fully saturated rings. The molecule has 0 saturated carbocycles. The van der Waals surface area contributed by atoms with Crippen LogP contribution in [0.5, 0.6) is 0 Å². The highest BCUT2D eigenvalue weighted by molar-refractivity contribution is 8.03. The molecule has 1 aromatic heterocycles. The highest BCUT2D eigenvalue weighted by atomic mass is 32.2. The first-order valence-electron chi connectivity index (χ1n) is 12.1. The Morgan fingerprint density at radius 2 is 1.59 bits per heavy atom. The van der Waals surface area contributed by atoms with E-state index in [9.17, 15) is 29.4 Å². The molecule has 1 aliphatic rings. The minimum Gasteiger partial charge on any atom is -0.480 e. The Hall–Kier alpha value is -4.78. The predicted molar refractivity (Wildman–Crippen MR) is 154 cm³/mol.